The minimum absolute atomic E-state index is 0.0835. The average Bonchev–Trinajstić information content (AvgIpc) is 3.25. The molecule has 0 aliphatic rings. The van der Waals surface area contributed by atoms with E-state index in [0.29, 0.717) is 24.1 Å². The summed E-state index contributed by atoms with van der Waals surface area (Å²) in [4.78, 5) is 23.0. The molecule has 0 aliphatic carbocycles. The molecule has 0 rings (SSSR count). The maximum atomic E-state index is 12.8. The molecule has 0 aromatic rings. The molecule has 372 valence electrons. The Hall–Kier alpha value is -2.06. The molecule has 0 bridgehead atoms. The maximum absolute atomic E-state index is 12.8. The first-order chi connectivity index (χ1) is 31.1. The monoisotopic (exact) mass is 919 g/mol. The highest BCUT2D eigenvalue weighted by atomic mass is 31.2. The molecule has 0 saturated heterocycles. The minimum Gasteiger partial charge on any atom is -0.457 e. The summed E-state index contributed by atoms with van der Waals surface area (Å²) < 4.78 is 35.2. The molecule has 0 fully saturated rings. The van der Waals surface area contributed by atoms with E-state index in [1.54, 1.807) is 0 Å². The van der Waals surface area contributed by atoms with E-state index >= 15 is 0 Å². The Kier molecular flexibility index (Phi) is 45.9. The Bertz CT molecular complexity index is 1250. The lowest BCUT2D eigenvalue weighted by atomic mass is 10.1. The van der Waals surface area contributed by atoms with Gasteiger partial charge in [-0.2, -0.15) is 0 Å². The van der Waals surface area contributed by atoms with Gasteiger partial charge in [0.05, 0.1) is 34.4 Å². The van der Waals surface area contributed by atoms with Gasteiger partial charge in [0.25, 0.3) is 0 Å². The van der Waals surface area contributed by atoms with Gasteiger partial charge in [0.2, 0.25) is 0 Å². The van der Waals surface area contributed by atoms with E-state index in [-0.39, 0.29) is 25.8 Å². The molecular formula is C55H101NO7P+. The molecular weight excluding hydrogens is 818 g/mol. The van der Waals surface area contributed by atoms with Crippen molar-refractivity contribution in [2.45, 2.75) is 219 Å². The van der Waals surface area contributed by atoms with Crippen LogP contribution in [0.1, 0.15) is 213 Å². The molecule has 2 atom stereocenters. The number of hydrogen-bond acceptors (Lipinski definition) is 6. The number of allylic oxidation sites excluding steroid dienone is 12. The van der Waals surface area contributed by atoms with Crippen LogP contribution >= 0.6 is 7.82 Å². The van der Waals surface area contributed by atoms with Crippen molar-refractivity contribution in [1.29, 1.82) is 0 Å². The second-order valence-corrected chi connectivity index (χ2v) is 20.0. The summed E-state index contributed by atoms with van der Waals surface area (Å²) in [6.45, 7) is 5.48. The summed E-state index contributed by atoms with van der Waals surface area (Å²) in [7, 11) is 1.65. The van der Waals surface area contributed by atoms with Gasteiger partial charge in [-0.25, -0.2) is 4.57 Å². The lowest BCUT2D eigenvalue weighted by Gasteiger charge is -2.24. The van der Waals surface area contributed by atoms with E-state index in [9.17, 15) is 14.3 Å². The molecule has 0 radical (unpaired) electrons. The topological polar surface area (TPSA) is 91.3 Å². The third-order valence-corrected chi connectivity index (χ3v) is 12.0. The summed E-state index contributed by atoms with van der Waals surface area (Å²) in [6, 6.07) is 0. The van der Waals surface area contributed by atoms with Crippen molar-refractivity contribution >= 4 is 13.8 Å². The number of carbonyl (C=O) groups excluding carboxylic acids is 1. The number of rotatable bonds is 48. The molecule has 2 unspecified atom stereocenters. The van der Waals surface area contributed by atoms with Gasteiger partial charge in [-0.3, -0.25) is 13.8 Å². The molecule has 0 saturated carbocycles. The fourth-order valence-corrected chi connectivity index (χ4v) is 7.73. The molecule has 0 heterocycles. The number of likely N-dealkylation sites (N-methyl/N-ethyl adjacent to an activating group) is 1. The second-order valence-electron chi connectivity index (χ2n) is 18.5. The first-order valence-electron chi connectivity index (χ1n) is 26.2. The quantitative estimate of drug-likeness (QED) is 0.0214. The van der Waals surface area contributed by atoms with Crippen LogP contribution in [0, 0.1) is 0 Å². The van der Waals surface area contributed by atoms with E-state index in [0.717, 1.165) is 70.6 Å². The maximum Gasteiger partial charge on any atom is 0.472 e. The molecule has 9 heteroatoms. The number of nitrogens with zero attached hydrogens (tertiary/aromatic N) is 1. The summed E-state index contributed by atoms with van der Waals surface area (Å²) in [5, 5.41) is 0. The highest BCUT2D eigenvalue weighted by molar-refractivity contribution is 7.47. The van der Waals surface area contributed by atoms with Crippen molar-refractivity contribution in [2.24, 2.45) is 0 Å². The van der Waals surface area contributed by atoms with Crippen LogP contribution in [-0.4, -0.2) is 75.6 Å². The van der Waals surface area contributed by atoms with Crippen LogP contribution in [0.4, 0.5) is 0 Å². The summed E-state index contributed by atoms with van der Waals surface area (Å²) in [6.07, 6.45) is 62.3. The number of ether oxygens (including phenoxy) is 2. The van der Waals surface area contributed by atoms with E-state index in [4.69, 9.17) is 18.5 Å². The van der Waals surface area contributed by atoms with Crippen molar-refractivity contribution in [3.8, 4) is 0 Å². The van der Waals surface area contributed by atoms with Crippen LogP contribution in [0.2, 0.25) is 0 Å². The van der Waals surface area contributed by atoms with Crippen molar-refractivity contribution in [3.05, 3.63) is 72.9 Å². The van der Waals surface area contributed by atoms with Gasteiger partial charge in [0.15, 0.2) is 0 Å². The molecule has 8 nitrogen and oxygen atoms in total. The number of phosphoric ester groups is 1. The molecule has 0 aliphatic heterocycles. The van der Waals surface area contributed by atoms with Gasteiger partial charge in [0.1, 0.15) is 19.3 Å². The molecule has 0 aromatic carbocycles. The minimum atomic E-state index is -4.29. The SMILES string of the molecule is CC/C=C\C/C=C\C/C=C\C/C=C\CCCCCCCCCCCCCOCC(COP(=O)(O)OCC[N+](C)(C)C)OC(=O)CCCCCCCCC/C=C\C/C=C\CCCCCC. The van der Waals surface area contributed by atoms with Crippen molar-refractivity contribution < 1.29 is 37.3 Å². The fourth-order valence-electron chi connectivity index (χ4n) is 6.99. The summed E-state index contributed by atoms with van der Waals surface area (Å²) in [5.74, 6) is -0.323. The number of hydrogen-bond donors (Lipinski definition) is 1. The van der Waals surface area contributed by atoms with Crippen LogP contribution in [-0.2, 0) is 27.9 Å². The van der Waals surface area contributed by atoms with Gasteiger partial charge in [-0.1, -0.05) is 196 Å². The largest absolute Gasteiger partial charge is 0.472 e. The number of esters is 1. The molecule has 0 amide bonds. The third kappa shape index (κ3) is 50.9. The molecule has 1 N–H and O–H groups in total. The Morgan fingerprint density at radius 2 is 0.906 bits per heavy atom. The Morgan fingerprint density at radius 3 is 1.36 bits per heavy atom. The van der Waals surface area contributed by atoms with Gasteiger partial charge in [-0.05, 0) is 83.5 Å². The predicted molar refractivity (Wildman–Crippen MR) is 275 cm³/mol. The van der Waals surface area contributed by atoms with Crippen LogP contribution in [0.15, 0.2) is 72.9 Å². The Balaban J connectivity index is 4.14. The molecule has 64 heavy (non-hydrogen) atoms. The summed E-state index contributed by atoms with van der Waals surface area (Å²) in [5.41, 5.74) is 0. The van der Waals surface area contributed by atoms with E-state index in [2.05, 4.69) is 86.8 Å². The van der Waals surface area contributed by atoms with Crippen LogP contribution in [0.25, 0.3) is 0 Å². The first-order valence-corrected chi connectivity index (χ1v) is 27.7. The van der Waals surface area contributed by atoms with E-state index < -0.39 is 13.9 Å². The van der Waals surface area contributed by atoms with Gasteiger partial charge in [-0.15, -0.1) is 0 Å². The number of carbonyl (C=O) groups is 1. The lowest BCUT2D eigenvalue weighted by Crippen LogP contribution is -2.37. The van der Waals surface area contributed by atoms with E-state index in [1.807, 2.05) is 21.1 Å². The number of quaternary nitrogens is 1. The number of unbranched alkanes of at least 4 members (excludes halogenated alkanes) is 22. The smallest absolute Gasteiger partial charge is 0.457 e. The lowest BCUT2D eigenvalue weighted by molar-refractivity contribution is -0.870. The van der Waals surface area contributed by atoms with Gasteiger partial charge >= 0.3 is 13.8 Å². The average molecular weight is 919 g/mol. The zero-order valence-electron chi connectivity index (χ0n) is 42.3. The van der Waals surface area contributed by atoms with Gasteiger partial charge < -0.3 is 18.9 Å². The zero-order chi connectivity index (χ0) is 46.9. The highest BCUT2D eigenvalue weighted by Gasteiger charge is 2.26. The summed E-state index contributed by atoms with van der Waals surface area (Å²) >= 11 is 0. The Labute approximate surface area is 395 Å². The normalized spacial score (nSPS) is 14.2. The predicted octanol–water partition coefficient (Wildman–Crippen LogP) is 16.2. The van der Waals surface area contributed by atoms with E-state index in [1.165, 1.54) is 122 Å². The first kappa shape index (κ1) is 61.9. The Morgan fingerprint density at radius 1 is 0.500 bits per heavy atom. The van der Waals surface area contributed by atoms with Crippen molar-refractivity contribution in [2.75, 3.05) is 54.1 Å². The van der Waals surface area contributed by atoms with Crippen LogP contribution in [0.5, 0.6) is 0 Å². The van der Waals surface area contributed by atoms with Crippen LogP contribution < -0.4 is 0 Å². The van der Waals surface area contributed by atoms with Crippen LogP contribution in [0.3, 0.4) is 0 Å². The molecule has 0 spiro atoms. The van der Waals surface area contributed by atoms with Crippen molar-refractivity contribution in [1.82, 2.24) is 0 Å². The highest BCUT2D eigenvalue weighted by Crippen LogP contribution is 2.43. The zero-order valence-corrected chi connectivity index (χ0v) is 43.1. The van der Waals surface area contributed by atoms with Crippen molar-refractivity contribution in [3.63, 3.8) is 0 Å². The van der Waals surface area contributed by atoms with Gasteiger partial charge in [0, 0.05) is 13.0 Å². The standard InChI is InChI=1S/C55H100NO7P/c1-6-8-10-12-14-16-18-20-22-24-26-27-28-29-30-31-33-35-37-39-41-43-45-47-50-60-52-54(53-62-64(58,59)61-51-49-56(3,4)5)63-55(57)48-46-44-42-40-38-36-34-32-25-23-21-19-17-15-13-11-9-7-2/h8,10,14,16-17,19-20,22-23,25-27,54H,6-7,9,11-13,15,18,21,24,28-53H2,1-5H3/p+1/b10-8-,16-14-,19-17-,22-20-,25-23-,27-26-. The number of phosphoric acid groups is 1. The third-order valence-electron chi connectivity index (χ3n) is 11.0. The second kappa shape index (κ2) is 47.4. The molecule has 0 aromatic heterocycles. The fraction of sp³-hybridized carbons (Fsp3) is 0.764.